The third-order valence-electron chi connectivity index (χ3n) is 1.03. The van der Waals surface area contributed by atoms with Crippen LogP contribution in [0.4, 0.5) is 0 Å². The van der Waals surface area contributed by atoms with Gasteiger partial charge in [0.05, 0.1) is 0 Å². The van der Waals surface area contributed by atoms with Crippen LogP contribution in [0.3, 0.4) is 0 Å². The quantitative estimate of drug-likeness (QED) is 0.330. The molecule has 0 aliphatic heterocycles. The van der Waals surface area contributed by atoms with Crippen molar-refractivity contribution in [2.75, 3.05) is 0 Å². The number of alkyl halides is 1. The van der Waals surface area contributed by atoms with E-state index in [2.05, 4.69) is 20.9 Å². The predicted octanol–water partition coefficient (Wildman–Crippen LogP) is 1.30. The maximum atomic E-state index is 10.0. The Morgan fingerprint density at radius 1 is 1.73 bits per heavy atom. The van der Waals surface area contributed by atoms with Crippen LogP contribution in [-0.4, -0.2) is 22.1 Å². The van der Waals surface area contributed by atoms with Crippen LogP contribution >= 0.6 is 15.9 Å². The maximum absolute atomic E-state index is 10.0. The van der Waals surface area contributed by atoms with Crippen molar-refractivity contribution >= 4 is 28.0 Å². The van der Waals surface area contributed by atoms with Gasteiger partial charge in [-0.1, -0.05) is 15.9 Å². The van der Waals surface area contributed by atoms with E-state index in [1.807, 2.05) is 0 Å². The Labute approximate surface area is 72.4 Å². The van der Waals surface area contributed by atoms with Crippen molar-refractivity contribution in [3.8, 4) is 0 Å². The summed E-state index contributed by atoms with van der Waals surface area (Å²) in [6.07, 6.45) is 2.55. The van der Waals surface area contributed by atoms with Crippen LogP contribution in [0, 0.1) is 0 Å². The summed E-state index contributed by atoms with van der Waals surface area (Å²) < 4.78 is 0. The predicted molar refractivity (Wildman–Crippen MR) is 42.3 cm³/mol. The number of carbonyl (C=O) groups is 1. The van der Waals surface area contributed by atoms with E-state index in [1.165, 1.54) is 6.08 Å². The summed E-state index contributed by atoms with van der Waals surface area (Å²) in [6.45, 7) is 0. The number of hydrogen-bond acceptors (Lipinski definition) is 3. The minimum Gasteiger partial charge on any atom is -0.481 e. The number of nitrogens with zero attached hydrogens (tertiary/aromatic N) is 1. The number of aliphatic carboxylic acids is 1. The van der Waals surface area contributed by atoms with E-state index in [0.29, 0.717) is 12.8 Å². The van der Waals surface area contributed by atoms with Gasteiger partial charge in [-0.15, -0.1) is 0 Å². The molecule has 0 saturated carbocycles. The molecule has 62 valence electrons. The molecule has 0 aromatic rings. The van der Waals surface area contributed by atoms with E-state index in [4.69, 9.17) is 5.11 Å². The molecule has 11 heavy (non-hydrogen) atoms. The minimum absolute atomic E-state index is 0.108. The Kier molecular flexibility index (Phi) is 5.70. The molecular formula is C6H8BrNO3. The summed E-state index contributed by atoms with van der Waals surface area (Å²) in [6, 6.07) is 0. The molecule has 4 nitrogen and oxygen atoms in total. The summed E-state index contributed by atoms with van der Waals surface area (Å²) >= 11 is 3.07. The average Bonchev–Trinajstić information content (AvgIpc) is 1.87. The first kappa shape index (κ1) is 10.3. The van der Waals surface area contributed by atoms with Crippen molar-refractivity contribution in [3.63, 3.8) is 0 Å². The molecule has 0 fully saturated rings. The second-order valence-electron chi connectivity index (χ2n) is 1.94. The second-order valence-corrected chi connectivity index (χ2v) is 3.00. The van der Waals surface area contributed by atoms with Gasteiger partial charge < -0.3 is 5.11 Å². The zero-order chi connectivity index (χ0) is 8.69. The van der Waals surface area contributed by atoms with Gasteiger partial charge in [0, 0.05) is 6.42 Å². The third-order valence-corrected chi connectivity index (χ3v) is 1.69. The maximum Gasteiger partial charge on any atom is 0.303 e. The third kappa shape index (κ3) is 7.22. The fourth-order valence-corrected chi connectivity index (χ4v) is 0.951. The topological polar surface area (TPSA) is 66.7 Å². The van der Waals surface area contributed by atoms with Gasteiger partial charge in [-0.3, -0.25) is 4.79 Å². The molecule has 0 heterocycles. The Morgan fingerprint density at radius 3 is 2.82 bits per heavy atom. The van der Waals surface area contributed by atoms with Crippen LogP contribution < -0.4 is 0 Å². The average molecular weight is 222 g/mol. The Balaban J connectivity index is 3.38. The number of carbonyl (C=O) groups excluding carboxylic acids is 1. The highest BCUT2D eigenvalue weighted by atomic mass is 79.9. The summed E-state index contributed by atoms with van der Waals surface area (Å²) in [7, 11) is 0. The number of halogens is 1. The Morgan fingerprint density at radius 2 is 2.36 bits per heavy atom. The minimum atomic E-state index is -0.834. The lowest BCUT2D eigenvalue weighted by molar-refractivity contribution is -0.137. The second kappa shape index (κ2) is 6.07. The van der Waals surface area contributed by atoms with Gasteiger partial charge >= 0.3 is 5.97 Å². The van der Waals surface area contributed by atoms with Gasteiger partial charge in [-0.25, -0.2) is 4.79 Å². The van der Waals surface area contributed by atoms with E-state index < -0.39 is 5.97 Å². The lowest BCUT2D eigenvalue weighted by Crippen LogP contribution is -1.98. The van der Waals surface area contributed by atoms with Crippen molar-refractivity contribution in [3.05, 3.63) is 0 Å². The highest BCUT2D eigenvalue weighted by molar-refractivity contribution is 9.09. The van der Waals surface area contributed by atoms with Crippen molar-refractivity contribution in [1.29, 1.82) is 0 Å². The van der Waals surface area contributed by atoms with Gasteiger partial charge in [0.25, 0.3) is 0 Å². The van der Waals surface area contributed by atoms with Crippen molar-refractivity contribution in [2.45, 2.75) is 24.2 Å². The van der Waals surface area contributed by atoms with Crippen molar-refractivity contribution in [2.24, 2.45) is 4.99 Å². The first-order valence-corrected chi connectivity index (χ1v) is 4.01. The number of aliphatic imine (C=N–C) groups is 1. The summed E-state index contributed by atoms with van der Waals surface area (Å²) in [5.41, 5.74) is 0. The zero-order valence-electron chi connectivity index (χ0n) is 5.79. The standard InChI is InChI=1S/C6H8BrNO3/c7-5(8-4-9)2-1-3-6(10)11/h5H,1-3H2,(H,10,11). The SMILES string of the molecule is O=C=NC(Br)CCCC(=O)O. The van der Waals surface area contributed by atoms with Gasteiger partial charge in [0.15, 0.2) is 0 Å². The molecule has 1 unspecified atom stereocenters. The monoisotopic (exact) mass is 221 g/mol. The molecule has 5 heteroatoms. The molecular weight excluding hydrogens is 214 g/mol. The van der Waals surface area contributed by atoms with Gasteiger partial charge in [0.1, 0.15) is 4.95 Å². The number of carboxylic acid groups (broad SMARTS) is 1. The number of hydrogen-bond donors (Lipinski definition) is 1. The van der Waals surface area contributed by atoms with E-state index in [1.54, 1.807) is 0 Å². The molecule has 0 radical (unpaired) electrons. The molecule has 0 aromatic carbocycles. The summed E-state index contributed by atoms with van der Waals surface area (Å²) in [5, 5.41) is 8.23. The lowest BCUT2D eigenvalue weighted by atomic mass is 10.2. The van der Waals surface area contributed by atoms with Crippen molar-refractivity contribution in [1.82, 2.24) is 0 Å². The van der Waals surface area contributed by atoms with E-state index in [-0.39, 0.29) is 11.4 Å². The van der Waals surface area contributed by atoms with Crippen LogP contribution in [0.1, 0.15) is 19.3 Å². The first-order valence-electron chi connectivity index (χ1n) is 3.09. The molecule has 0 aromatic heterocycles. The number of carboxylic acids is 1. The highest BCUT2D eigenvalue weighted by Gasteiger charge is 2.02. The fourth-order valence-electron chi connectivity index (χ4n) is 0.543. The summed E-state index contributed by atoms with van der Waals surface area (Å²) in [4.78, 5) is 22.7. The molecule has 0 aliphatic carbocycles. The molecule has 0 spiro atoms. The highest BCUT2D eigenvalue weighted by Crippen LogP contribution is 2.09. The summed E-state index contributed by atoms with van der Waals surface area (Å²) in [5.74, 6) is -0.834. The normalized spacial score (nSPS) is 11.7. The largest absolute Gasteiger partial charge is 0.481 e. The van der Waals surface area contributed by atoms with Crippen molar-refractivity contribution < 1.29 is 14.7 Å². The van der Waals surface area contributed by atoms with Crippen LogP contribution in [0.2, 0.25) is 0 Å². The van der Waals surface area contributed by atoms with E-state index >= 15 is 0 Å². The first-order chi connectivity index (χ1) is 5.16. The van der Waals surface area contributed by atoms with Crippen LogP contribution in [0.15, 0.2) is 4.99 Å². The fraction of sp³-hybridized carbons (Fsp3) is 0.667. The van der Waals surface area contributed by atoms with Gasteiger partial charge in [-0.05, 0) is 12.8 Å². The molecule has 0 rings (SSSR count). The molecule has 0 aliphatic rings. The molecule has 0 bridgehead atoms. The Bertz CT molecular complexity index is 177. The van der Waals surface area contributed by atoms with E-state index in [9.17, 15) is 9.59 Å². The van der Waals surface area contributed by atoms with Gasteiger partial charge in [-0.2, -0.15) is 4.99 Å². The number of rotatable bonds is 5. The Hall–Kier alpha value is -0.670. The number of isocyanates is 1. The van der Waals surface area contributed by atoms with Crippen LogP contribution in [0.25, 0.3) is 0 Å². The molecule has 0 amide bonds. The smallest absolute Gasteiger partial charge is 0.303 e. The molecule has 1 N–H and O–H groups in total. The molecule has 1 atom stereocenters. The molecule has 0 saturated heterocycles. The van der Waals surface area contributed by atoms with Crippen LogP contribution in [0.5, 0.6) is 0 Å². The lowest BCUT2D eigenvalue weighted by Gasteiger charge is -1.98. The van der Waals surface area contributed by atoms with Crippen LogP contribution in [-0.2, 0) is 9.59 Å². The van der Waals surface area contributed by atoms with E-state index in [0.717, 1.165) is 0 Å². The zero-order valence-corrected chi connectivity index (χ0v) is 7.37. The van der Waals surface area contributed by atoms with Gasteiger partial charge in [0.2, 0.25) is 6.08 Å².